The Hall–Kier alpha value is -2.52. The molecule has 6 atom stereocenters. The molecule has 4 fully saturated rings. The maximum atomic E-state index is 12.0. The number of alkyl carbamates (subject to hydrolysis) is 1. The maximum absolute atomic E-state index is 12.0. The van der Waals surface area contributed by atoms with Crippen molar-refractivity contribution < 1.29 is 33.4 Å². The fraction of sp³-hybridized carbons (Fsp3) is 0.733. The lowest BCUT2D eigenvalue weighted by molar-refractivity contribution is -0.155. The van der Waals surface area contributed by atoms with E-state index in [0.717, 1.165) is 0 Å². The molecule has 25 heavy (non-hydrogen) atoms. The Morgan fingerprint density at radius 1 is 1.04 bits per heavy atom. The van der Waals surface area contributed by atoms with Gasteiger partial charge in [-0.05, 0) is 6.42 Å². The first-order valence-corrected chi connectivity index (χ1v) is 8.17. The molecule has 136 valence electrons. The summed E-state index contributed by atoms with van der Waals surface area (Å²) in [6.45, 7) is 2.85. The first-order valence-electron chi connectivity index (χ1n) is 8.17. The van der Waals surface area contributed by atoms with E-state index in [2.05, 4.69) is 16.0 Å². The molecule has 2 saturated heterocycles. The van der Waals surface area contributed by atoms with Gasteiger partial charge in [0, 0.05) is 37.5 Å². The smallest absolute Gasteiger partial charge is 0.411 e. The third-order valence-electron chi connectivity index (χ3n) is 5.88. The standard InChI is InChI=1S/C15H19N3O7/c1-6(19)23-4-8-9(5-24-7(2)20)11-3-10(8)14-15(11,17-12(21)16-14)25-13(22)18-14/h8-11H,3-5H2,1-2H3,(H,18,22)(H2,16,17,21)/t8-,9+,10-,11+,14-,15-/m0/s1. The molecule has 0 aromatic heterocycles. The van der Waals surface area contributed by atoms with Crippen LogP contribution in [0.15, 0.2) is 0 Å². The summed E-state index contributed by atoms with van der Waals surface area (Å²) in [6, 6.07) is -0.436. The molecule has 2 bridgehead atoms. The zero-order chi connectivity index (χ0) is 18.0. The van der Waals surface area contributed by atoms with Crippen molar-refractivity contribution >= 4 is 24.1 Å². The second kappa shape index (κ2) is 4.99. The second-order valence-electron chi connectivity index (χ2n) is 7.02. The van der Waals surface area contributed by atoms with Gasteiger partial charge in [-0.3, -0.25) is 20.2 Å². The number of nitrogens with one attached hydrogen (secondary N) is 3. The van der Waals surface area contributed by atoms with E-state index in [0.29, 0.717) is 6.42 Å². The van der Waals surface area contributed by atoms with Crippen LogP contribution in [0.3, 0.4) is 0 Å². The Kier molecular flexibility index (Phi) is 3.19. The predicted molar refractivity (Wildman–Crippen MR) is 78.6 cm³/mol. The summed E-state index contributed by atoms with van der Waals surface area (Å²) in [7, 11) is 0. The zero-order valence-electron chi connectivity index (χ0n) is 13.8. The number of esters is 2. The zero-order valence-corrected chi connectivity index (χ0v) is 13.8. The summed E-state index contributed by atoms with van der Waals surface area (Å²) >= 11 is 0. The van der Waals surface area contributed by atoms with Crippen molar-refractivity contribution in [1.82, 2.24) is 16.0 Å². The molecular formula is C15H19N3O7. The van der Waals surface area contributed by atoms with Gasteiger partial charge in [-0.2, -0.15) is 0 Å². The van der Waals surface area contributed by atoms with Crippen molar-refractivity contribution in [3.05, 3.63) is 0 Å². The lowest BCUT2D eigenvalue weighted by atomic mass is 9.70. The Morgan fingerprint density at radius 2 is 1.64 bits per heavy atom. The Morgan fingerprint density at radius 3 is 2.24 bits per heavy atom. The highest BCUT2D eigenvalue weighted by atomic mass is 16.6. The summed E-state index contributed by atoms with van der Waals surface area (Å²) in [5.74, 6) is -1.73. The molecule has 0 radical (unpaired) electrons. The molecule has 3 N–H and O–H groups in total. The van der Waals surface area contributed by atoms with E-state index in [9.17, 15) is 19.2 Å². The highest BCUT2D eigenvalue weighted by Crippen LogP contribution is 2.64. The van der Waals surface area contributed by atoms with Gasteiger partial charge in [0.25, 0.3) is 0 Å². The largest absolute Gasteiger partial charge is 0.466 e. The quantitative estimate of drug-likeness (QED) is 0.456. The van der Waals surface area contributed by atoms with Gasteiger partial charge in [-0.1, -0.05) is 0 Å². The van der Waals surface area contributed by atoms with Crippen LogP contribution in [-0.2, 0) is 23.8 Å². The number of fused-ring (bicyclic) bond motifs is 2. The van der Waals surface area contributed by atoms with E-state index >= 15 is 0 Å². The number of ether oxygens (including phenoxy) is 3. The molecule has 2 saturated carbocycles. The minimum absolute atomic E-state index is 0.105. The van der Waals surface area contributed by atoms with E-state index in [1.807, 2.05) is 0 Å². The fourth-order valence-corrected chi connectivity index (χ4v) is 5.15. The van der Waals surface area contributed by atoms with Crippen LogP contribution in [0.2, 0.25) is 0 Å². The molecule has 3 amide bonds. The van der Waals surface area contributed by atoms with Gasteiger partial charge in [-0.25, -0.2) is 9.59 Å². The molecule has 4 rings (SSSR count). The molecule has 4 aliphatic rings. The van der Waals surface area contributed by atoms with Gasteiger partial charge in [-0.15, -0.1) is 0 Å². The average molecular weight is 353 g/mol. The van der Waals surface area contributed by atoms with E-state index < -0.39 is 35.5 Å². The van der Waals surface area contributed by atoms with Crippen LogP contribution in [-0.4, -0.2) is 48.7 Å². The van der Waals surface area contributed by atoms with Crippen molar-refractivity contribution in [1.29, 1.82) is 0 Å². The predicted octanol–water partition coefficient (Wildman–Crippen LogP) is -0.560. The number of carbonyl (C=O) groups excluding carboxylic acids is 4. The topological polar surface area (TPSA) is 132 Å². The van der Waals surface area contributed by atoms with Crippen LogP contribution in [0, 0.1) is 23.7 Å². The Balaban J connectivity index is 1.69. The number of hydrogen-bond donors (Lipinski definition) is 3. The molecule has 0 unspecified atom stereocenters. The third-order valence-corrected chi connectivity index (χ3v) is 5.88. The minimum Gasteiger partial charge on any atom is -0.466 e. The molecule has 0 aromatic rings. The third kappa shape index (κ3) is 1.96. The normalized spacial score (nSPS) is 42.6. The van der Waals surface area contributed by atoms with Crippen molar-refractivity contribution in [2.45, 2.75) is 31.7 Å². The highest BCUT2D eigenvalue weighted by Gasteiger charge is 2.83. The summed E-state index contributed by atoms with van der Waals surface area (Å²) in [5.41, 5.74) is -2.30. The second-order valence-corrected chi connectivity index (χ2v) is 7.02. The van der Waals surface area contributed by atoms with E-state index in [1.165, 1.54) is 13.8 Å². The van der Waals surface area contributed by atoms with Crippen LogP contribution in [0.4, 0.5) is 9.59 Å². The van der Waals surface area contributed by atoms with Crippen molar-refractivity contribution in [3.63, 3.8) is 0 Å². The molecule has 2 aliphatic heterocycles. The molecular weight excluding hydrogens is 334 g/mol. The van der Waals surface area contributed by atoms with Gasteiger partial charge >= 0.3 is 24.1 Å². The van der Waals surface area contributed by atoms with Gasteiger partial charge in [0.1, 0.15) is 0 Å². The molecule has 0 spiro atoms. The van der Waals surface area contributed by atoms with Crippen molar-refractivity contribution in [2.75, 3.05) is 13.2 Å². The number of carbonyl (C=O) groups is 4. The van der Waals surface area contributed by atoms with Gasteiger partial charge in [0.05, 0.1) is 13.2 Å². The van der Waals surface area contributed by atoms with E-state index in [-0.39, 0.29) is 36.9 Å². The molecule has 10 heteroatoms. The molecule has 0 aromatic carbocycles. The number of amides is 3. The number of hydrogen-bond acceptors (Lipinski definition) is 7. The van der Waals surface area contributed by atoms with Crippen LogP contribution < -0.4 is 16.0 Å². The van der Waals surface area contributed by atoms with Crippen LogP contribution >= 0.6 is 0 Å². The first-order chi connectivity index (χ1) is 11.8. The first kappa shape index (κ1) is 16.0. The van der Waals surface area contributed by atoms with Gasteiger partial charge < -0.3 is 19.5 Å². The Labute approximate surface area is 142 Å². The number of urea groups is 1. The van der Waals surface area contributed by atoms with Crippen LogP contribution in [0.1, 0.15) is 20.3 Å². The highest BCUT2D eigenvalue weighted by molar-refractivity contribution is 5.85. The van der Waals surface area contributed by atoms with E-state index in [4.69, 9.17) is 14.2 Å². The van der Waals surface area contributed by atoms with Gasteiger partial charge in [0.15, 0.2) is 5.66 Å². The Bertz CT molecular complexity index is 606. The summed E-state index contributed by atoms with van der Waals surface area (Å²) in [6.07, 6.45) is 0.00684. The molecule has 10 nitrogen and oxygen atoms in total. The van der Waals surface area contributed by atoms with E-state index in [1.54, 1.807) is 0 Å². The maximum Gasteiger partial charge on any atom is 0.411 e. The SMILES string of the molecule is CC(=O)OC[C@@H]1[C@H](COC(C)=O)[C@@H]2C[C@H]1[C@@]13NC(=O)N[C@]21NC(=O)O3. The molecule has 2 aliphatic carbocycles. The van der Waals surface area contributed by atoms with Crippen molar-refractivity contribution in [3.8, 4) is 0 Å². The van der Waals surface area contributed by atoms with Gasteiger partial charge in [0.2, 0.25) is 5.72 Å². The lowest BCUT2D eigenvalue weighted by Crippen LogP contribution is -2.70. The summed E-state index contributed by atoms with van der Waals surface area (Å²) in [5, 5.41) is 8.28. The summed E-state index contributed by atoms with van der Waals surface area (Å²) in [4.78, 5) is 46.4. The lowest BCUT2D eigenvalue weighted by Gasteiger charge is -2.45. The number of rotatable bonds is 4. The van der Waals surface area contributed by atoms with Crippen molar-refractivity contribution in [2.24, 2.45) is 23.7 Å². The monoisotopic (exact) mass is 353 g/mol. The minimum atomic E-state index is -1.22. The average Bonchev–Trinajstić information content (AvgIpc) is 3.12. The fourth-order valence-electron chi connectivity index (χ4n) is 5.15. The van der Waals surface area contributed by atoms with Crippen LogP contribution in [0.5, 0.6) is 0 Å². The summed E-state index contributed by atoms with van der Waals surface area (Å²) < 4.78 is 15.9. The molecule has 2 heterocycles. The van der Waals surface area contributed by atoms with Crippen LogP contribution in [0.25, 0.3) is 0 Å².